The van der Waals surface area contributed by atoms with Crippen LogP contribution in [0.3, 0.4) is 0 Å². The number of hydrogen-bond acceptors (Lipinski definition) is 7. The third-order valence-corrected chi connectivity index (χ3v) is 7.02. The van der Waals surface area contributed by atoms with Crippen molar-refractivity contribution in [2.24, 2.45) is 0 Å². The minimum absolute atomic E-state index is 0.0463. The van der Waals surface area contributed by atoms with Crippen molar-refractivity contribution in [1.82, 2.24) is 19.9 Å². The van der Waals surface area contributed by atoms with Crippen LogP contribution in [0.25, 0.3) is 0 Å². The molecule has 1 atom stereocenters. The van der Waals surface area contributed by atoms with E-state index in [2.05, 4.69) is 10.1 Å². The molecule has 0 unspecified atom stereocenters. The Morgan fingerprint density at radius 3 is 2.60 bits per heavy atom. The van der Waals surface area contributed by atoms with E-state index in [0.717, 1.165) is 18.7 Å². The highest BCUT2D eigenvalue weighted by molar-refractivity contribution is 7.91. The summed E-state index contributed by atoms with van der Waals surface area (Å²) in [6.45, 7) is 3.79. The maximum absolute atomic E-state index is 12.4. The third kappa shape index (κ3) is 4.58. The van der Waals surface area contributed by atoms with E-state index in [4.69, 9.17) is 4.52 Å². The molecule has 1 amide bonds. The van der Waals surface area contributed by atoms with Crippen LogP contribution in [0.4, 0.5) is 0 Å². The molecule has 9 heteroatoms. The number of piperidine rings is 1. The Bertz CT molecular complexity index is 709. The fraction of sp³-hybridized carbons (Fsp3) is 0.812. The monoisotopic (exact) mass is 370 g/mol. The van der Waals surface area contributed by atoms with Crippen LogP contribution in [0.15, 0.2) is 4.52 Å². The Hall–Kier alpha value is -1.48. The lowest BCUT2D eigenvalue weighted by atomic mass is 9.96. The Balaban J connectivity index is 1.42. The number of rotatable bonds is 5. The molecular weight excluding hydrogens is 344 g/mol. The second-order valence-corrected chi connectivity index (χ2v) is 9.34. The van der Waals surface area contributed by atoms with Crippen molar-refractivity contribution in [2.75, 3.05) is 38.2 Å². The van der Waals surface area contributed by atoms with Gasteiger partial charge in [0, 0.05) is 44.9 Å². The average molecular weight is 370 g/mol. The summed E-state index contributed by atoms with van der Waals surface area (Å²) in [6.07, 6.45) is 2.80. The van der Waals surface area contributed by atoms with Gasteiger partial charge in [-0.25, -0.2) is 8.42 Å². The number of hydrogen-bond donors (Lipinski definition) is 0. The van der Waals surface area contributed by atoms with E-state index >= 15 is 0 Å². The van der Waals surface area contributed by atoms with Crippen LogP contribution < -0.4 is 0 Å². The minimum atomic E-state index is -2.89. The lowest BCUT2D eigenvalue weighted by Crippen LogP contribution is -2.41. The molecule has 1 aromatic rings. The molecule has 8 nitrogen and oxygen atoms in total. The van der Waals surface area contributed by atoms with Gasteiger partial charge in [0.2, 0.25) is 11.8 Å². The molecule has 3 rings (SSSR count). The molecule has 0 saturated carbocycles. The van der Waals surface area contributed by atoms with Crippen molar-refractivity contribution in [3.05, 3.63) is 11.7 Å². The number of carbonyl (C=O) groups excluding carboxylic acids is 1. The van der Waals surface area contributed by atoms with Gasteiger partial charge in [0.15, 0.2) is 15.7 Å². The molecule has 0 aromatic carbocycles. The molecule has 2 aliphatic rings. The number of nitrogens with zero attached hydrogens (tertiary/aromatic N) is 4. The van der Waals surface area contributed by atoms with Crippen LogP contribution in [-0.4, -0.2) is 78.5 Å². The average Bonchev–Trinajstić information content (AvgIpc) is 3.18. The van der Waals surface area contributed by atoms with Crippen LogP contribution in [0.2, 0.25) is 0 Å². The van der Waals surface area contributed by atoms with Gasteiger partial charge in [-0.15, -0.1) is 0 Å². The summed E-state index contributed by atoms with van der Waals surface area (Å²) in [7, 11) is -0.980. The van der Waals surface area contributed by atoms with Gasteiger partial charge in [0.05, 0.1) is 11.5 Å². The van der Waals surface area contributed by atoms with E-state index in [1.54, 1.807) is 6.92 Å². The fourth-order valence-corrected chi connectivity index (χ4v) is 5.41. The zero-order valence-electron chi connectivity index (χ0n) is 14.8. The Labute approximate surface area is 148 Å². The zero-order chi connectivity index (χ0) is 18.0. The maximum atomic E-state index is 12.4. The van der Waals surface area contributed by atoms with E-state index in [9.17, 15) is 13.2 Å². The molecule has 1 aromatic heterocycles. The molecular formula is C16H26N4O4S. The smallest absolute Gasteiger partial charge is 0.223 e. The van der Waals surface area contributed by atoms with Gasteiger partial charge in [-0.1, -0.05) is 5.16 Å². The first-order valence-corrected chi connectivity index (χ1v) is 10.6. The Morgan fingerprint density at radius 2 is 2.04 bits per heavy atom. The highest BCUT2D eigenvalue weighted by Gasteiger charge is 2.31. The van der Waals surface area contributed by atoms with Crippen molar-refractivity contribution in [1.29, 1.82) is 0 Å². The molecule has 2 saturated heterocycles. The second-order valence-electron chi connectivity index (χ2n) is 7.11. The molecule has 2 fully saturated rings. The first-order valence-electron chi connectivity index (χ1n) is 8.83. The summed E-state index contributed by atoms with van der Waals surface area (Å²) < 4.78 is 28.2. The summed E-state index contributed by atoms with van der Waals surface area (Å²) in [6, 6.07) is 0.0463. The lowest BCUT2D eigenvalue weighted by molar-refractivity contribution is -0.132. The predicted molar refractivity (Wildman–Crippen MR) is 91.9 cm³/mol. The van der Waals surface area contributed by atoms with Gasteiger partial charge in [-0.3, -0.25) is 4.79 Å². The molecule has 0 N–H and O–H groups in total. The van der Waals surface area contributed by atoms with Gasteiger partial charge < -0.3 is 14.3 Å². The van der Waals surface area contributed by atoms with Crippen LogP contribution in [-0.2, 0) is 14.6 Å². The normalized spacial score (nSPS) is 24.1. The lowest BCUT2D eigenvalue weighted by Gasteiger charge is -2.31. The number of aryl methyl sites for hydroxylation is 1. The summed E-state index contributed by atoms with van der Waals surface area (Å²) in [5.41, 5.74) is 0. The van der Waals surface area contributed by atoms with E-state index < -0.39 is 9.84 Å². The third-order valence-electron chi connectivity index (χ3n) is 5.27. The maximum Gasteiger partial charge on any atom is 0.223 e. The Morgan fingerprint density at radius 1 is 1.32 bits per heavy atom. The summed E-state index contributed by atoms with van der Waals surface area (Å²) in [5.74, 6) is 2.19. The number of carbonyl (C=O) groups is 1. The SMILES string of the molecule is Cc1nc(C2CCN(C(=O)CCN(C)[C@H]3CCS(=O)(=O)C3)CC2)no1. The van der Waals surface area contributed by atoms with Crippen LogP contribution >= 0.6 is 0 Å². The molecule has 140 valence electrons. The van der Waals surface area contributed by atoms with E-state index in [0.29, 0.717) is 38.4 Å². The number of likely N-dealkylation sites (tertiary alicyclic amines) is 1. The molecule has 2 aliphatic heterocycles. The Kier molecular flexibility index (Phi) is 5.43. The number of amides is 1. The van der Waals surface area contributed by atoms with Crippen LogP contribution in [0, 0.1) is 6.92 Å². The van der Waals surface area contributed by atoms with E-state index in [1.165, 1.54) is 0 Å². The van der Waals surface area contributed by atoms with Gasteiger partial charge in [-0.2, -0.15) is 4.98 Å². The van der Waals surface area contributed by atoms with Gasteiger partial charge >= 0.3 is 0 Å². The van der Waals surface area contributed by atoms with Gasteiger partial charge in [-0.05, 0) is 26.3 Å². The topological polar surface area (TPSA) is 96.6 Å². The summed E-state index contributed by atoms with van der Waals surface area (Å²) in [4.78, 5) is 20.6. The highest BCUT2D eigenvalue weighted by atomic mass is 32.2. The molecule has 0 aliphatic carbocycles. The van der Waals surface area contributed by atoms with E-state index in [1.807, 2.05) is 16.8 Å². The van der Waals surface area contributed by atoms with Crippen molar-refractivity contribution < 1.29 is 17.7 Å². The second kappa shape index (κ2) is 7.41. The molecule has 0 spiro atoms. The van der Waals surface area contributed by atoms with Crippen molar-refractivity contribution in [3.8, 4) is 0 Å². The minimum Gasteiger partial charge on any atom is -0.343 e. The standard InChI is InChI=1S/C16H26N4O4S/c1-12-17-16(18-24-12)13-3-8-20(9-4-13)15(21)5-7-19(2)14-6-10-25(22,23)11-14/h13-14H,3-11H2,1-2H3/t14-/m0/s1. The van der Waals surface area contributed by atoms with Crippen LogP contribution in [0.5, 0.6) is 0 Å². The largest absolute Gasteiger partial charge is 0.343 e. The first kappa shape index (κ1) is 18.3. The van der Waals surface area contributed by atoms with Crippen molar-refractivity contribution in [2.45, 2.75) is 44.6 Å². The molecule has 0 radical (unpaired) electrons. The van der Waals surface area contributed by atoms with Crippen molar-refractivity contribution in [3.63, 3.8) is 0 Å². The molecule has 25 heavy (non-hydrogen) atoms. The quantitative estimate of drug-likeness (QED) is 0.748. The highest BCUT2D eigenvalue weighted by Crippen LogP contribution is 2.26. The fourth-order valence-electron chi connectivity index (χ4n) is 3.60. The molecule has 3 heterocycles. The van der Waals surface area contributed by atoms with Crippen molar-refractivity contribution >= 4 is 15.7 Å². The first-order chi connectivity index (χ1) is 11.8. The molecule has 0 bridgehead atoms. The zero-order valence-corrected chi connectivity index (χ0v) is 15.7. The number of aromatic nitrogens is 2. The van der Waals surface area contributed by atoms with E-state index in [-0.39, 0.29) is 29.4 Å². The van der Waals surface area contributed by atoms with Crippen LogP contribution in [0.1, 0.15) is 43.3 Å². The summed E-state index contributed by atoms with van der Waals surface area (Å²) >= 11 is 0. The number of sulfone groups is 1. The predicted octanol–water partition coefficient (Wildman–Crippen LogP) is 0.593. The van der Waals surface area contributed by atoms with Gasteiger partial charge in [0.1, 0.15) is 0 Å². The summed E-state index contributed by atoms with van der Waals surface area (Å²) in [5, 5.41) is 3.98. The van der Waals surface area contributed by atoms with Gasteiger partial charge in [0.25, 0.3) is 0 Å².